The highest BCUT2D eigenvalue weighted by Crippen LogP contribution is 2.28. The summed E-state index contributed by atoms with van der Waals surface area (Å²) < 4.78 is 0. The minimum atomic E-state index is -1.15. The molecule has 6 nitrogen and oxygen atoms in total. The third kappa shape index (κ3) is 1.97. The summed E-state index contributed by atoms with van der Waals surface area (Å²) in [7, 11) is 0. The Hall–Kier alpha value is -3.02. The lowest BCUT2D eigenvalue weighted by molar-refractivity contribution is 0.0696. The number of aryl methyl sites for hydroxylation is 1. The second-order valence-electron chi connectivity index (χ2n) is 4.65. The summed E-state index contributed by atoms with van der Waals surface area (Å²) >= 11 is 0. The van der Waals surface area contributed by atoms with Crippen LogP contribution in [0.3, 0.4) is 0 Å². The molecule has 1 aromatic heterocycles. The van der Waals surface area contributed by atoms with Crippen molar-refractivity contribution in [1.29, 1.82) is 0 Å². The SMILES string of the molecule is Cc1cccc(N2C(=O)c3ccc(C(=O)O)cc3C2=O)n1. The van der Waals surface area contributed by atoms with E-state index in [-0.39, 0.29) is 22.5 Å². The van der Waals surface area contributed by atoms with Gasteiger partial charge < -0.3 is 5.11 Å². The molecule has 21 heavy (non-hydrogen) atoms. The molecular weight excluding hydrogens is 272 g/mol. The van der Waals surface area contributed by atoms with Gasteiger partial charge in [-0.25, -0.2) is 14.7 Å². The Morgan fingerprint density at radius 1 is 1.10 bits per heavy atom. The molecular formula is C15H10N2O4. The first kappa shape index (κ1) is 13.0. The molecule has 0 spiro atoms. The number of carboxylic acids is 1. The van der Waals surface area contributed by atoms with Gasteiger partial charge in [0, 0.05) is 5.69 Å². The summed E-state index contributed by atoms with van der Waals surface area (Å²) in [5, 5.41) is 8.97. The van der Waals surface area contributed by atoms with Gasteiger partial charge in [0.25, 0.3) is 11.8 Å². The molecule has 2 heterocycles. The van der Waals surface area contributed by atoms with E-state index in [0.29, 0.717) is 5.69 Å². The van der Waals surface area contributed by atoms with Crippen molar-refractivity contribution >= 4 is 23.6 Å². The number of amides is 2. The summed E-state index contributed by atoms with van der Waals surface area (Å²) in [5.41, 5.74) is 0.917. The molecule has 1 aliphatic rings. The summed E-state index contributed by atoms with van der Waals surface area (Å²) in [4.78, 5) is 40.8. The van der Waals surface area contributed by atoms with Gasteiger partial charge in [0.05, 0.1) is 16.7 Å². The van der Waals surface area contributed by atoms with Crippen molar-refractivity contribution in [1.82, 2.24) is 4.98 Å². The number of hydrogen-bond acceptors (Lipinski definition) is 4. The van der Waals surface area contributed by atoms with E-state index in [1.165, 1.54) is 18.2 Å². The molecule has 0 bridgehead atoms. The highest BCUT2D eigenvalue weighted by atomic mass is 16.4. The number of hydrogen-bond donors (Lipinski definition) is 1. The molecule has 2 amide bonds. The molecule has 0 aliphatic carbocycles. The summed E-state index contributed by atoms with van der Waals surface area (Å²) in [5.74, 6) is -1.97. The zero-order valence-electron chi connectivity index (χ0n) is 11.0. The summed E-state index contributed by atoms with van der Waals surface area (Å²) in [6.07, 6.45) is 0. The Morgan fingerprint density at radius 2 is 1.81 bits per heavy atom. The van der Waals surface area contributed by atoms with Crippen LogP contribution in [0.5, 0.6) is 0 Å². The van der Waals surface area contributed by atoms with Crippen molar-refractivity contribution in [2.45, 2.75) is 6.92 Å². The maximum Gasteiger partial charge on any atom is 0.335 e. The van der Waals surface area contributed by atoms with Gasteiger partial charge in [0.1, 0.15) is 5.82 Å². The van der Waals surface area contributed by atoms with E-state index in [1.807, 2.05) is 0 Å². The van der Waals surface area contributed by atoms with Crippen LogP contribution in [-0.4, -0.2) is 27.9 Å². The van der Waals surface area contributed by atoms with Crippen LogP contribution >= 0.6 is 0 Å². The van der Waals surface area contributed by atoms with Crippen LogP contribution in [0.1, 0.15) is 36.8 Å². The second-order valence-corrected chi connectivity index (χ2v) is 4.65. The van der Waals surface area contributed by atoms with Crippen LogP contribution in [0.25, 0.3) is 0 Å². The van der Waals surface area contributed by atoms with Crippen molar-refractivity contribution < 1.29 is 19.5 Å². The van der Waals surface area contributed by atoms with Crippen LogP contribution in [0.4, 0.5) is 5.82 Å². The van der Waals surface area contributed by atoms with E-state index in [2.05, 4.69) is 4.98 Å². The van der Waals surface area contributed by atoms with Crippen molar-refractivity contribution in [3.8, 4) is 0 Å². The normalized spacial score (nSPS) is 13.5. The molecule has 0 unspecified atom stereocenters. The zero-order valence-corrected chi connectivity index (χ0v) is 11.0. The summed E-state index contributed by atoms with van der Waals surface area (Å²) in [6.45, 7) is 1.75. The van der Waals surface area contributed by atoms with Crippen LogP contribution in [0.2, 0.25) is 0 Å². The van der Waals surface area contributed by atoms with Crippen molar-refractivity contribution in [3.63, 3.8) is 0 Å². The zero-order chi connectivity index (χ0) is 15.1. The number of benzene rings is 1. The number of carboxylic acid groups (broad SMARTS) is 1. The molecule has 1 aromatic carbocycles. The molecule has 2 aromatic rings. The van der Waals surface area contributed by atoms with Crippen LogP contribution in [0, 0.1) is 6.92 Å². The Balaban J connectivity index is 2.10. The van der Waals surface area contributed by atoms with Gasteiger partial charge in [0.2, 0.25) is 0 Å². The van der Waals surface area contributed by atoms with Gasteiger partial charge in [-0.1, -0.05) is 6.07 Å². The van der Waals surface area contributed by atoms with E-state index in [1.54, 1.807) is 25.1 Å². The molecule has 1 N–H and O–H groups in total. The number of aromatic nitrogens is 1. The predicted octanol–water partition coefficient (Wildman–Crippen LogP) is 1.89. The quantitative estimate of drug-likeness (QED) is 0.850. The molecule has 6 heteroatoms. The Bertz CT molecular complexity index is 798. The van der Waals surface area contributed by atoms with E-state index >= 15 is 0 Å². The fourth-order valence-electron chi connectivity index (χ4n) is 2.24. The minimum Gasteiger partial charge on any atom is -0.478 e. The van der Waals surface area contributed by atoms with Crippen molar-refractivity contribution in [2.75, 3.05) is 4.90 Å². The lowest BCUT2D eigenvalue weighted by Crippen LogP contribution is -2.30. The first-order chi connectivity index (χ1) is 9.99. The molecule has 0 saturated heterocycles. The number of imide groups is 1. The number of rotatable bonds is 2. The first-order valence-corrected chi connectivity index (χ1v) is 6.19. The number of anilines is 1. The van der Waals surface area contributed by atoms with Crippen LogP contribution in [-0.2, 0) is 0 Å². The van der Waals surface area contributed by atoms with E-state index in [9.17, 15) is 14.4 Å². The number of carbonyl (C=O) groups is 3. The monoisotopic (exact) mass is 282 g/mol. The average molecular weight is 282 g/mol. The largest absolute Gasteiger partial charge is 0.478 e. The maximum atomic E-state index is 12.4. The highest BCUT2D eigenvalue weighted by Gasteiger charge is 2.37. The number of fused-ring (bicyclic) bond motifs is 1. The predicted molar refractivity (Wildman–Crippen MR) is 73.5 cm³/mol. The van der Waals surface area contributed by atoms with Gasteiger partial charge in [-0.15, -0.1) is 0 Å². The Morgan fingerprint density at radius 3 is 2.48 bits per heavy atom. The van der Waals surface area contributed by atoms with E-state index in [0.717, 1.165) is 4.90 Å². The molecule has 0 radical (unpaired) electrons. The number of pyridine rings is 1. The molecule has 3 rings (SSSR count). The highest BCUT2D eigenvalue weighted by molar-refractivity contribution is 6.34. The van der Waals surface area contributed by atoms with Crippen LogP contribution < -0.4 is 4.90 Å². The third-order valence-electron chi connectivity index (χ3n) is 3.24. The Kier molecular flexibility index (Phi) is 2.79. The Labute approximate surface area is 119 Å². The average Bonchev–Trinajstić information content (AvgIpc) is 2.70. The molecule has 1 aliphatic heterocycles. The topological polar surface area (TPSA) is 87.6 Å². The van der Waals surface area contributed by atoms with Gasteiger partial charge in [0.15, 0.2) is 0 Å². The standard InChI is InChI=1S/C15H10N2O4/c1-8-3-2-4-12(16-8)17-13(18)10-6-5-9(15(20)21)7-11(10)14(17)19/h2-7H,1H3,(H,20,21). The maximum absolute atomic E-state index is 12.4. The number of aromatic carboxylic acids is 1. The molecule has 104 valence electrons. The van der Waals surface area contributed by atoms with Gasteiger partial charge in [-0.2, -0.15) is 0 Å². The smallest absolute Gasteiger partial charge is 0.335 e. The second kappa shape index (κ2) is 4.52. The van der Waals surface area contributed by atoms with Gasteiger partial charge >= 0.3 is 5.97 Å². The molecule has 0 atom stereocenters. The number of carbonyl (C=O) groups excluding carboxylic acids is 2. The molecule has 0 saturated carbocycles. The lowest BCUT2D eigenvalue weighted by atomic mass is 10.1. The van der Waals surface area contributed by atoms with Gasteiger partial charge in [-0.3, -0.25) is 9.59 Å². The van der Waals surface area contributed by atoms with Crippen molar-refractivity contribution in [3.05, 3.63) is 58.8 Å². The fourth-order valence-corrected chi connectivity index (χ4v) is 2.24. The van der Waals surface area contributed by atoms with E-state index < -0.39 is 17.8 Å². The molecule has 0 fully saturated rings. The van der Waals surface area contributed by atoms with E-state index in [4.69, 9.17) is 5.11 Å². The fraction of sp³-hybridized carbons (Fsp3) is 0.0667. The first-order valence-electron chi connectivity index (χ1n) is 6.19. The van der Waals surface area contributed by atoms with Crippen molar-refractivity contribution in [2.24, 2.45) is 0 Å². The van der Waals surface area contributed by atoms with Crippen LogP contribution in [0.15, 0.2) is 36.4 Å². The van der Waals surface area contributed by atoms with Gasteiger partial charge in [-0.05, 0) is 37.3 Å². The summed E-state index contributed by atoms with van der Waals surface area (Å²) in [6, 6.07) is 8.89. The minimum absolute atomic E-state index is 0.0334. The third-order valence-corrected chi connectivity index (χ3v) is 3.24. The number of nitrogens with zero attached hydrogens (tertiary/aromatic N) is 2. The lowest BCUT2D eigenvalue weighted by Gasteiger charge is -2.12.